The topological polar surface area (TPSA) is 49.4 Å². The Morgan fingerprint density at radius 1 is 1.19 bits per heavy atom. The molecule has 1 N–H and O–H groups in total. The highest BCUT2D eigenvalue weighted by Crippen LogP contribution is 2.25. The second kappa shape index (κ2) is 5.51. The zero-order valence-corrected chi connectivity index (χ0v) is 12.7. The Morgan fingerprint density at radius 3 is 2.67 bits per heavy atom. The van der Waals surface area contributed by atoms with Gasteiger partial charge in [-0.15, -0.1) is 0 Å². The number of nitrogens with zero attached hydrogens (tertiary/aromatic N) is 1. The third kappa shape index (κ3) is 2.80. The standard InChI is InChI=1S/C17H22N2O2/c1-11-5-3-6-14(12(11)2)17(21)19-10-4-7-15(19)16(20)18-13-8-9-13/h3,5-6,13,15H,4,7-10H2,1-2H3,(H,18,20). The maximum absolute atomic E-state index is 12.8. The number of carbonyl (C=O) groups is 2. The van der Waals surface area contributed by atoms with Crippen LogP contribution in [0, 0.1) is 13.8 Å². The molecule has 2 aliphatic rings. The third-order valence-electron chi connectivity index (χ3n) is 4.58. The fourth-order valence-electron chi connectivity index (χ4n) is 2.94. The van der Waals surface area contributed by atoms with E-state index in [2.05, 4.69) is 5.32 Å². The fourth-order valence-corrected chi connectivity index (χ4v) is 2.94. The van der Waals surface area contributed by atoms with E-state index < -0.39 is 0 Å². The van der Waals surface area contributed by atoms with Gasteiger partial charge in [0.25, 0.3) is 5.91 Å². The summed E-state index contributed by atoms with van der Waals surface area (Å²) in [6.07, 6.45) is 3.82. The first kappa shape index (κ1) is 14.1. The van der Waals surface area contributed by atoms with Crippen LogP contribution in [0.15, 0.2) is 18.2 Å². The zero-order chi connectivity index (χ0) is 15.0. The number of rotatable bonds is 3. The molecule has 1 aromatic rings. The summed E-state index contributed by atoms with van der Waals surface area (Å²) in [5.41, 5.74) is 2.84. The molecule has 1 aliphatic heterocycles. The molecule has 3 rings (SSSR count). The highest BCUT2D eigenvalue weighted by atomic mass is 16.2. The average molecular weight is 286 g/mol. The van der Waals surface area contributed by atoms with Crippen LogP contribution in [0.25, 0.3) is 0 Å². The van der Waals surface area contributed by atoms with E-state index in [-0.39, 0.29) is 17.9 Å². The molecule has 0 radical (unpaired) electrons. The first-order valence-corrected chi connectivity index (χ1v) is 7.75. The van der Waals surface area contributed by atoms with Gasteiger partial charge in [-0.25, -0.2) is 0 Å². The van der Waals surface area contributed by atoms with Crippen molar-refractivity contribution in [3.63, 3.8) is 0 Å². The van der Waals surface area contributed by atoms with E-state index in [4.69, 9.17) is 0 Å². The summed E-state index contributed by atoms with van der Waals surface area (Å²) < 4.78 is 0. The fraction of sp³-hybridized carbons (Fsp3) is 0.529. The van der Waals surface area contributed by atoms with Crippen LogP contribution in [0.5, 0.6) is 0 Å². The molecule has 1 saturated carbocycles. The zero-order valence-electron chi connectivity index (χ0n) is 12.7. The van der Waals surface area contributed by atoms with E-state index in [0.717, 1.165) is 42.4 Å². The second-order valence-electron chi connectivity index (χ2n) is 6.19. The molecule has 2 fully saturated rings. The predicted molar refractivity (Wildman–Crippen MR) is 81.1 cm³/mol. The maximum atomic E-state index is 12.8. The molecule has 112 valence electrons. The Hall–Kier alpha value is -1.84. The highest BCUT2D eigenvalue weighted by molar-refractivity contribution is 5.99. The predicted octanol–water partition coefficient (Wildman–Crippen LogP) is 2.19. The van der Waals surface area contributed by atoms with E-state index >= 15 is 0 Å². The third-order valence-corrected chi connectivity index (χ3v) is 4.58. The number of aryl methyl sites for hydroxylation is 1. The van der Waals surface area contributed by atoms with Crippen LogP contribution < -0.4 is 5.32 Å². The van der Waals surface area contributed by atoms with Gasteiger partial charge in [0.05, 0.1) is 0 Å². The van der Waals surface area contributed by atoms with Crippen LogP contribution in [0.3, 0.4) is 0 Å². The molecule has 2 amide bonds. The van der Waals surface area contributed by atoms with Crippen molar-refractivity contribution in [2.24, 2.45) is 0 Å². The summed E-state index contributed by atoms with van der Waals surface area (Å²) in [5.74, 6) is 0.0123. The molecule has 0 bridgehead atoms. The molecule has 0 spiro atoms. The van der Waals surface area contributed by atoms with Crippen LogP contribution in [0.4, 0.5) is 0 Å². The number of amides is 2. The van der Waals surface area contributed by atoms with Gasteiger partial charge in [-0.05, 0) is 56.7 Å². The van der Waals surface area contributed by atoms with Crippen molar-refractivity contribution in [1.29, 1.82) is 0 Å². The minimum atomic E-state index is -0.294. The van der Waals surface area contributed by atoms with Crippen LogP contribution >= 0.6 is 0 Å². The molecule has 1 atom stereocenters. The monoisotopic (exact) mass is 286 g/mol. The minimum absolute atomic E-state index is 0.00959. The lowest BCUT2D eigenvalue weighted by atomic mass is 10.0. The summed E-state index contributed by atoms with van der Waals surface area (Å²) in [6.45, 7) is 4.65. The number of carbonyl (C=O) groups excluding carboxylic acids is 2. The Balaban J connectivity index is 1.79. The Bertz CT molecular complexity index is 578. The summed E-state index contributed by atoms with van der Waals surface area (Å²) in [7, 11) is 0. The van der Waals surface area contributed by atoms with Gasteiger partial charge in [0.2, 0.25) is 5.91 Å². The molecule has 21 heavy (non-hydrogen) atoms. The molecule has 4 nitrogen and oxygen atoms in total. The Labute approximate surface area is 125 Å². The number of likely N-dealkylation sites (tertiary alicyclic amines) is 1. The van der Waals surface area contributed by atoms with Crippen LogP contribution in [-0.2, 0) is 4.79 Å². The molecular formula is C17H22N2O2. The normalized spacial score (nSPS) is 21.4. The number of benzene rings is 1. The van der Waals surface area contributed by atoms with Gasteiger partial charge in [0.15, 0.2) is 0 Å². The highest BCUT2D eigenvalue weighted by Gasteiger charge is 2.37. The van der Waals surface area contributed by atoms with E-state index in [1.165, 1.54) is 0 Å². The van der Waals surface area contributed by atoms with Gasteiger partial charge in [0.1, 0.15) is 6.04 Å². The molecule has 1 aromatic carbocycles. The largest absolute Gasteiger partial charge is 0.352 e. The lowest BCUT2D eigenvalue weighted by Gasteiger charge is -2.25. The SMILES string of the molecule is Cc1cccc(C(=O)N2CCCC2C(=O)NC2CC2)c1C. The van der Waals surface area contributed by atoms with E-state index in [0.29, 0.717) is 12.6 Å². The van der Waals surface area contributed by atoms with Gasteiger partial charge in [-0.1, -0.05) is 12.1 Å². The summed E-state index contributed by atoms with van der Waals surface area (Å²) in [6, 6.07) is 5.82. The van der Waals surface area contributed by atoms with E-state index in [1.807, 2.05) is 32.0 Å². The first-order chi connectivity index (χ1) is 10.1. The van der Waals surface area contributed by atoms with Crippen molar-refractivity contribution in [1.82, 2.24) is 10.2 Å². The number of hydrogen-bond acceptors (Lipinski definition) is 2. The van der Waals surface area contributed by atoms with Gasteiger partial charge >= 0.3 is 0 Å². The molecule has 1 unspecified atom stereocenters. The van der Waals surface area contributed by atoms with Crippen molar-refractivity contribution >= 4 is 11.8 Å². The second-order valence-corrected chi connectivity index (χ2v) is 6.19. The summed E-state index contributed by atoms with van der Waals surface area (Å²) in [5, 5.41) is 3.03. The van der Waals surface area contributed by atoms with Crippen LogP contribution in [0.1, 0.15) is 47.2 Å². The molecule has 0 aromatic heterocycles. The molecule has 4 heteroatoms. The van der Waals surface area contributed by atoms with E-state index in [1.54, 1.807) is 4.90 Å². The number of nitrogens with one attached hydrogen (secondary N) is 1. The molecule has 1 aliphatic carbocycles. The van der Waals surface area contributed by atoms with Crippen molar-refractivity contribution in [3.05, 3.63) is 34.9 Å². The summed E-state index contributed by atoms with van der Waals surface area (Å²) in [4.78, 5) is 26.8. The Morgan fingerprint density at radius 2 is 1.95 bits per heavy atom. The quantitative estimate of drug-likeness (QED) is 0.926. The maximum Gasteiger partial charge on any atom is 0.254 e. The minimum Gasteiger partial charge on any atom is -0.352 e. The smallest absolute Gasteiger partial charge is 0.254 e. The van der Waals surface area contributed by atoms with Crippen molar-refractivity contribution in [2.45, 2.75) is 51.6 Å². The van der Waals surface area contributed by atoms with Gasteiger partial charge in [0, 0.05) is 18.2 Å². The van der Waals surface area contributed by atoms with Gasteiger partial charge < -0.3 is 10.2 Å². The Kier molecular flexibility index (Phi) is 3.70. The van der Waals surface area contributed by atoms with E-state index in [9.17, 15) is 9.59 Å². The average Bonchev–Trinajstić information content (AvgIpc) is 3.14. The number of hydrogen-bond donors (Lipinski definition) is 1. The first-order valence-electron chi connectivity index (χ1n) is 7.75. The molecule has 1 saturated heterocycles. The van der Waals surface area contributed by atoms with Crippen LogP contribution in [0.2, 0.25) is 0 Å². The lowest BCUT2D eigenvalue weighted by molar-refractivity contribution is -0.125. The lowest BCUT2D eigenvalue weighted by Crippen LogP contribution is -2.46. The van der Waals surface area contributed by atoms with Gasteiger partial charge in [-0.3, -0.25) is 9.59 Å². The van der Waals surface area contributed by atoms with Gasteiger partial charge in [-0.2, -0.15) is 0 Å². The molecule has 1 heterocycles. The van der Waals surface area contributed by atoms with Crippen molar-refractivity contribution < 1.29 is 9.59 Å². The summed E-state index contributed by atoms with van der Waals surface area (Å²) >= 11 is 0. The molecular weight excluding hydrogens is 264 g/mol. The van der Waals surface area contributed by atoms with Crippen molar-refractivity contribution in [2.75, 3.05) is 6.54 Å². The van der Waals surface area contributed by atoms with Crippen LogP contribution in [-0.4, -0.2) is 35.3 Å². The van der Waals surface area contributed by atoms with Crippen molar-refractivity contribution in [3.8, 4) is 0 Å².